The van der Waals surface area contributed by atoms with E-state index in [0.29, 0.717) is 16.2 Å². The fourth-order valence-corrected chi connectivity index (χ4v) is 2.32. The molecule has 6 heteroatoms. The van der Waals surface area contributed by atoms with Gasteiger partial charge < -0.3 is 9.64 Å². The number of hydrogen-bond acceptors (Lipinski definition) is 5. The topological polar surface area (TPSA) is 59.5 Å². The molecule has 0 spiro atoms. The van der Waals surface area contributed by atoms with Crippen LogP contribution >= 0.6 is 11.6 Å². The monoisotopic (exact) mass is 276 g/mol. The summed E-state index contributed by atoms with van der Waals surface area (Å²) in [5, 5.41) is 1.37. The average Bonchev–Trinajstić information content (AvgIpc) is 2.38. The van der Waals surface area contributed by atoms with Crippen LogP contribution in [-0.4, -0.2) is 30.0 Å². The Morgan fingerprint density at radius 1 is 1.16 bits per heavy atom. The summed E-state index contributed by atoms with van der Waals surface area (Å²) in [6.07, 6.45) is 1.65. The molecule has 1 aliphatic heterocycles. The van der Waals surface area contributed by atoms with Crippen LogP contribution in [0.25, 0.3) is 10.9 Å². The van der Waals surface area contributed by atoms with Crippen LogP contribution in [0.3, 0.4) is 0 Å². The number of nitrogens with zero attached hydrogens (tertiary/aromatic N) is 2. The maximum atomic E-state index is 11.3. The Morgan fingerprint density at radius 3 is 2.63 bits per heavy atom. The molecule has 0 amide bonds. The number of fused-ring (bicyclic) bond motifs is 1. The summed E-state index contributed by atoms with van der Waals surface area (Å²) in [7, 11) is 0. The molecule has 0 saturated carbocycles. The smallest absolute Gasteiger partial charge is 0.333 e. The third kappa shape index (κ3) is 2.13. The van der Waals surface area contributed by atoms with Gasteiger partial charge in [-0.1, -0.05) is 11.6 Å². The zero-order chi connectivity index (χ0) is 13.4. The summed E-state index contributed by atoms with van der Waals surface area (Å²) in [6, 6.07) is 7.11. The molecule has 0 N–H and O–H groups in total. The highest BCUT2D eigenvalue weighted by Gasteiger charge is 2.26. The van der Waals surface area contributed by atoms with Gasteiger partial charge in [0.2, 0.25) is 0 Å². The first-order chi connectivity index (χ1) is 9.15. The molecule has 1 fully saturated rings. The van der Waals surface area contributed by atoms with Crippen molar-refractivity contribution < 1.29 is 14.3 Å². The quantitative estimate of drug-likeness (QED) is 0.587. The van der Waals surface area contributed by atoms with Crippen molar-refractivity contribution in [3.63, 3.8) is 0 Å². The lowest BCUT2D eigenvalue weighted by Crippen LogP contribution is -2.43. The molecular formula is C13H9ClN2O3. The molecule has 3 rings (SSSR count). The predicted molar refractivity (Wildman–Crippen MR) is 70.1 cm³/mol. The van der Waals surface area contributed by atoms with Crippen LogP contribution in [0.4, 0.5) is 5.69 Å². The molecule has 2 aromatic rings. The number of rotatable bonds is 1. The summed E-state index contributed by atoms with van der Waals surface area (Å²) in [5.41, 5.74) is 1.36. The fourth-order valence-electron chi connectivity index (χ4n) is 2.11. The van der Waals surface area contributed by atoms with Crippen molar-refractivity contribution in [2.45, 2.75) is 0 Å². The van der Waals surface area contributed by atoms with Crippen molar-refractivity contribution in [3.8, 4) is 0 Å². The second-order valence-electron chi connectivity index (χ2n) is 4.17. The van der Waals surface area contributed by atoms with Crippen LogP contribution in [0.2, 0.25) is 5.02 Å². The third-order valence-electron chi connectivity index (χ3n) is 2.90. The highest BCUT2D eigenvalue weighted by atomic mass is 35.5. The standard InChI is InChI=1S/C13H9ClN2O3/c14-9-3-4-10(13-8(9)2-1-5-15-13)16-6-11(17)19-12(18)7-16/h1-5H,6-7H2. The first-order valence-corrected chi connectivity index (χ1v) is 6.04. The first-order valence-electron chi connectivity index (χ1n) is 5.67. The van der Waals surface area contributed by atoms with Crippen LogP contribution in [-0.2, 0) is 14.3 Å². The van der Waals surface area contributed by atoms with E-state index >= 15 is 0 Å². The van der Waals surface area contributed by atoms with Crippen LogP contribution < -0.4 is 4.90 Å². The average molecular weight is 277 g/mol. The Hall–Kier alpha value is -2.14. The van der Waals surface area contributed by atoms with Crippen molar-refractivity contribution in [3.05, 3.63) is 35.5 Å². The lowest BCUT2D eigenvalue weighted by Gasteiger charge is -2.27. The van der Waals surface area contributed by atoms with Crippen molar-refractivity contribution in [2.24, 2.45) is 0 Å². The second kappa shape index (κ2) is 4.51. The molecule has 19 heavy (non-hydrogen) atoms. The molecule has 0 radical (unpaired) electrons. The number of carbonyl (C=O) groups excluding carboxylic acids is 2. The van der Waals surface area contributed by atoms with E-state index in [1.165, 1.54) is 0 Å². The van der Waals surface area contributed by atoms with Gasteiger partial charge in [0, 0.05) is 11.6 Å². The molecule has 0 bridgehead atoms. The van der Waals surface area contributed by atoms with Gasteiger partial charge >= 0.3 is 11.9 Å². The summed E-state index contributed by atoms with van der Waals surface area (Å²) in [6.45, 7) is 0.0537. The van der Waals surface area contributed by atoms with Gasteiger partial charge in [-0.15, -0.1) is 0 Å². The Morgan fingerprint density at radius 2 is 1.89 bits per heavy atom. The summed E-state index contributed by atoms with van der Waals surface area (Å²) in [4.78, 5) is 28.6. The minimum absolute atomic E-state index is 0.0268. The van der Waals surface area contributed by atoms with Crippen LogP contribution in [0.15, 0.2) is 30.5 Å². The van der Waals surface area contributed by atoms with Crippen LogP contribution in [0, 0.1) is 0 Å². The number of benzene rings is 1. The van der Waals surface area contributed by atoms with E-state index in [0.717, 1.165) is 5.39 Å². The molecule has 5 nitrogen and oxygen atoms in total. The Bertz CT molecular complexity index is 671. The summed E-state index contributed by atoms with van der Waals surface area (Å²) >= 11 is 6.11. The molecule has 0 atom stereocenters. The van der Waals surface area contributed by atoms with E-state index in [1.54, 1.807) is 29.3 Å². The molecule has 1 aromatic heterocycles. The van der Waals surface area contributed by atoms with Crippen molar-refractivity contribution in [1.29, 1.82) is 0 Å². The molecule has 1 aromatic carbocycles. The highest BCUT2D eigenvalue weighted by Crippen LogP contribution is 2.30. The second-order valence-corrected chi connectivity index (χ2v) is 4.58. The van der Waals surface area contributed by atoms with E-state index in [9.17, 15) is 9.59 Å². The molecule has 0 unspecified atom stereocenters. The lowest BCUT2D eigenvalue weighted by atomic mass is 10.1. The number of anilines is 1. The predicted octanol–water partition coefficient (Wildman–Crippen LogP) is 1.78. The van der Waals surface area contributed by atoms with Crippen molar-refractivity contribution in [1.82, 2.24) is 4.98 Å². The Balaban J connectivity index is 2.12. The van der Waals surface area contributed by atoms with E-state index < -0.39 is 11.9 Å². The lowest BCUT2D eigenvalue weighted by molar-refractivity contribution is -0.160. The van der Waals surface area contributed by atoms with Gasteiger partial charge in [0.15, 0.2) is 0 Å². The Labute approximate surface area is 113 Å². The normalized spacial score (nSPS) is 15.7. The maximum Gasteiger partial charge on any atom is 0.333 e. The minimum Gasteiger partial charge on any atom is -0.390 e. The van der Waals surface area contributed by atoms with Crippen molar-refractivity contribution in [2.75, 3.05) is 18.0 Å². The van der Waals surface area contributed by atoms with E-state index in [1.807, 2.05) is 6.07 Å². The largest absolute Gasteiger partial charge is 0.390 e. The fraction of sp³-hybridized carbons (Fsp3) is 0.154. The minimum atomic E-state index is -0.560. The number of aromatic nitrogens is 1. The van der Waals surface area contributed by atoms with E-state index in [2.05, 4.69) is 9.72 Å². The summed E-state index contributed by atoms with van der Waals surface area (Å²) < 4.78 is 4.51. The molecule has 0 aliphatic carbocycles. The number of esters is 2. The molecule has 1 saturated heterocycles. The number of hydrogen-bond donors (Lipinski definition) is 0. The van der Waals surface area contributed by atoms with Gasteiger partial charge in [0.25, 0.3) is 0 Å². The number of cyclic esters (lactones) is 2. The van der Waals surface area contributed by atoms with Crippen molar-refractivity contribution >= 4 is 40.1 Å². The third-order valence-corrected chi connectivity index (χ3v) is 3.23. The molecular weight excluding hydrogens is 268 g/mol. The first kappa shape index (κ1) is 11.9. The molecule has 1 aliphatic rings. The number of pyridine rings is 1. The number of carbonyl (C=O) groups is 2. The summed E-state index contributed by atoms with van der Waals surface area (Å²) in [5.74, 6) is -1.12. The zero-order valence-corrected chi connectivity index (χ0v) is 10.6. The Kier molecular flexibility index (Phi) is 2.83. The number of morpholine rings is 1. The number of halogens is 1. The van der Waals surface area contributed by atoms with Gasteiger partial charge in [0.1, 0.15) is 13.1 Å². The van der Waals surface area contributed by atoms with Gasteiger partial charge in [-0.3, -0.25) is 4.98 Å². The SMILES string of the molecule is O=C1CN(c2ccc(Cl)c3cccnc23)CC(=O)O1. The molecule has 96 valence electrons. The van der Waals surface area contributed by atoms with Gasteiger partial charge in [-0.25, -0.2) is 9.59 Å². The van der Waals surface area contributed by atoms with E-state index in [-0.39, 0.29) is 13.1 Å². The van der Waals surface area contributed by atoms with Crippen LogP contribution in [0.5, 0.6) is 0 Å². The van der Waals surface area contributed by atoms with Crippen LogP contribution in [0.1, 0.15) is 0 Å². The maximum absolute atomic E-state index is 11.3. The van der Waals surface area contributed by atoms with E-state index in [4.69, 9.17) is 11.6 Å². The van der Waals surface area contributed by atoms with Gasteiger partial charge in [-0.05, 0) is 24.3 Å². The highest BCUT2D eigenvalue weighted by molar-refractivity contribution is 6.35. The zero-order valence-electron chi connectivity index (χ0n) is 9.80. The van der Waals surface area contributed by atoms with Gasteiger partial charge in [-0.2, -0.15) is 0 Å². The van der Waals surface area contributed by atoms with Gasteiger partial charge in [0.05, 0.1) is 16.2 Å². The molecule has 2 heterocycles. The number of ether oxygens (including phenoxy) is 1.